The van der Waals surface area contributed by atoms with Crippen molar-refractivity contribution in [3.8, 4) is 0 Å². The van der Waals surface area contributed by atoms with Crippen molar-refractivity contribution in [1.29, 1.82) is 0 Å². The topological polar surface area (TPSA) is 78.0 Å². The van der Waals surface area contributed by atoms with E-state index in [1.807, 2.05) is 17.2 Å². The van der Waals surface area contributed by atoms with Gasteiger partial charge in [0.05, 0.1) is 5.39 Å². The minimum atomic E-state index is 0.0570. The third-order valence-electron chi connectivity index (χ3n) is 4.13. The van der Waals surface area contributed by atoms with Gasteiger partial charge in [-0.3, -0.25) is 9.78 Å². The maximum atomic E-state index is 12.5. The second-order valence-corrected chi connectivity index (χ2v) is 5.45. The fraction of sp³-hybridized carbons (Fsp3) is 0.250. The Morgan fingerprint density at radius 2 is 1.83 bits per heavy atom. The van der Waals surface area contributed by atoms with Gasteiger partial charge in [-0.05, 0) is 18.2 Å². The number of anilines is 1. The molecule has 4 heterocycles. The lowest BCUT2D eigenvalue weighted by atomic mass is 10.2. The fourth-order valence-corrected chi connectivity index (χ4v) is 2.91. The van der Waals surface area contributed by atoms with Crippen molar-refractivity contribution in [2.45, 2.75) is 0 Å². The van der Waals surface area contributed by atoms with Gasteiger partial charge >= 0.3 is 0 Å². The van der Waals surface area contributed by atoms with Crippen LogP contribution in [0.4, 0.5) is 5.82 Å². The van der Waals surface area contributed by atoms with Crippen LogP contribution in [0.2, 0.25) is 0 Å². The molecule has 1 fully saturated rings. The minimum absolute atomic E-state index is 0.0570. The Balaban J connectivity index is 1.49. The predicted molar refractivity (Wildman–Crippen MR) is 86.2 cm³/mol. The molecule has 3 aromatic heterocycles. The zero-order valence-corrected chi connectivity index (χ0v) is 12.5. The molecule has 0 aromatic carbocycles. The molecule has 0 radical (unpaired) electrons. The van der Waals surface area contributed by atoms with E-state index in [9.17, 15) is 4.79 Å². The number of amides is 1. The Labute approximate surface area is 133 Å². The minimum Gasteiger partial charge on any atom is -0.352 e. The van der Waals surface area contributed by atoms with Crippen LogP contribution in [0.3, 0.4) is 0 Å². The molecular formula is C16H16N6O. The lowest BCUT2D eigenvalue weighted by Gasteiger charge is -2.35. The van der Waals surface area contributed by atoms with Crippen LogP contribution in [-0.4, -0.2) is 56.9 Å². The average Bonchev–Trinajstić information content (AvgIpc) is 3.11. The number of nitrogens with zero attached hydrogens (tertiary/aromatic N) is 5. The smallest absolute Gasteiger partial charge is 0.254 e. The molecule has 7 heteroatoms. The summed E-state index contributed by atoms with van der Waals surface area (Å²) in [6.45, 7) is 2.87. The molecule has 1 amide bonds. The van der Waals surface area contributed by atoms with Crippen LogP contribution in [0.25, 0.3) is 11.0 Å². The van der Waals surface area contributed by atoms with E-state index in [1.165, 1.54) is 0 Å². The lowest BCUT2D eigenvalue weighted by Crippen LogP contribution is -2.49. The lowest BCUT2D eigenvalue weighted by molar-refractivity contribution is 0.0746. The number of rotatable bonds is 2. The zero-order valence-electron chi connectivity index (χ0n) is 12.5. The number of H-pyrrole nitrogens is 1. The number of pyridine rings is 1. The van der Waals surface area contributed by atoms with E-state index in [2.05, 4.69) is 24.8 Å². The predicted octanol–water partition coefficient (Wildman–Crippen LogP) is 1.32. The van der Waals surface area contributed by atoms with E-state index < -0.39 is 0 Å². The molecule has 0 aliphatic carbocycles. The first kappa shape index (κ1) is 13.7. The first-order chi connectivity index (χ1) is 11.3. The molecule has 1 N–H and O–H groups in total. The Morgan fingerprint density at radius 3 is 2.61 bits per heavy atom. The maximum Gasteiger partial charge on any atom is 0.254 e. The van der Waals surface area contributed by atoms with E-state index in [-0.39, 0.29) is 5.91 Å². The highest BCUT2D eigenvalue weighted by Gasteiger charge is 2.24. The number of fused-ring (bicyclic) bond motifs is 1. The normalized spacial score (nSPS) is 15.1. The molecule has 3 aromatic rings. The highest BCUT2D eigenvalue weighted by Crippen LogP contribution is 2.23. The number of hydrogen-bond acceptors (Lipinski definition) is 5. The Hall–Kier alpha value is -2.96. The van der Waals surface area contributed by atoms with Crippen LogP contribution >= 0.6 is 0 Å². The summed E-state index contributed by atoms with van der Waals surface area (Å²) in [5.41, 5.74) is 1.52. The molecule has 1 saturated heterocycles. The summed E-state index contributed by atoms with van der Waals surface area (Å²) in [7, 11) is 0. The van der Waals surface area contributed by atoms with Gasteiger partial charge < -0.3 is 14.8 Å². The Morgan fingerprint density at radius 1 is 1.04 bits per heavy atom. The van der Waals surface area contributed by atoms with Gasteiger partial charge in [-0.15, -0.1) is 0 Å². The largest absolute Gasteiger partial charge is 0.352 e. The monoisotopic (exact) mass is 308 g/mol. The fourth-order valence-electron chi connectivity index (χ4n) is 2.91. The number of nitrogens with one attached hydrogen (secondary N) is 1. The van der Waals surface area contributed by atoms with Gasteiger partial charge in [-0.2, -0.15) is 0 Å². The summed E-state index contributed by atoms with van der Waals surface area (Å²) in [6, 6.07) is 5.49. The van der Waals surface area contributed by atoms with Crippen LogP contribution < -0.4 is 4.90 Å². The van der Waals surface area contributed by atoms with Crippen molar-refractivity contribution in [3.05, 3.63) is 48.7 Å². The molecule has 0 unspecified atom stereocenters. The molecule has 0 bridgehead atoms. The van der Waals surface area contributed by atoms with Gasteiger partial charge in [0.15, 0.2) is 0 Å². The van der Waals surface area contributed by atoms with Gasteiger partial charge in [0.2, 0.25) is 0 Å². The molecule has 23 heavy (non-hydrogen) atoms. The molecule has 0 atom stereocenters. The van der Waals surface area contributed by atoms with E-state index in [0.29, 0.717) is 18.7 Å². The third-order valence-corrected chi connectivity index (χ3v) is 4.13. The van der Waals surface area contributed by atoms with Crippen LogP contribution in [-0.2, 0) is 0 Å². The molecule has 1 aliphatic rings. The number of hydrogen-bond donors (Lipinski definition) is 1. The molecule has 0 spiro atoms. The molecule has 4 rings (SSSR count). The summed E-state index contributed by atoms with van der Waals surface area (Å²) in [6.07, 6.45) is 6.73. The maximum absolute atomic E-state index is 12.5. The second-order valence-electron chi connectivity index (χ2n) is 5.45. The molecule has 116 valence electrons. The second kappa shape index (κ2) is 5.68. The van der Waals surface area contributed by atoms with Crippen molar-refractivity contribution in [1.82, 2.24) is 24.8 Å². The van der Waals surface area contributed by atoms with Crippen LogP contribution in [0.5, 0.6) is 0 Å². The van der Waals surface area contributed by atoms with Crippen molar-refractivity contribution < 1.29 is 4.79 Å². The number of aromatic nitrogens is 4. The van der Waals surface area contributed by atoms with Crippen molar-refractivity contribution in [2.24, 2.45) is 0 Å². The zero-order chi connectivity index (χ0) is 15.6. The summed E-state index contributed by atoms with van der Waals surface area (Å²) < 4.78 is 0. The Kier molecular flexibility index (Phi) is 3.38. The van der Waals surface area contributed by atoms with Crippen molar-refractivity contribution in [2.75, 3.05) is 31.1 Å². The van der Waals surface area contributed by atoms with Gasteiger partial charge in [0.1, 0.15) is 17.8 Å². The summed E-state index contributed by atoms with van der Waals surface area (Å²) in [5, 5.41) is 1.02. The van der Waals surface area contributed by atoms with Crippen LogP contribution in [0.1, 0.15) is 10.4 Å². The van der Waals surface area contributed by atoms with Crippen molar-refractivity contribution in [3.63, 3.8) is 0 Å². The van der Waals surface area contributed by atoms with Gasteiger partial charge in [-0.1, -0.05) is 0 Å². The van der Waals surface area contributed by atoms with E-state index >= 15 is 0 Å². The highest BCUT2D eigenvalue weighted by molar-refractivity contribution is 5.94. The quantitative estimate of drug-likeness (QED) is 0.772. The summed E-state index contributed by atoms with van der Waals surface area (Å²) in [4.78, 5) is 32.2. The SMILES string of the molecule is O=C(c1ccncc1)N1CCN(c2ncnc3[nH]ccc23)CC1. The average molecular weight is 308 g/mol. The first-order valence-corrected chi connectivity index (χ1v) is 7.55. The van der Waals surface area contributed by atoms with Gasteiger partial charge in [0.25, 0.3) is 5.91 Å². The number of piperazine rings is 1. The molecule has 7 nitrogen and oxygen atoms in total. The van der Waals surface area contributed by atoms with Gasteiger partial charge in [-0.25, -0.2) is 9.97 Å². The molecule has 0 saturated carbocycles. The van der Waals surface area contributed by atoms with E-state index in [0.717, 1.165) is 29.9 Å². The molecule has 1 aliphatic heterocycles. The van der Waals surface area contributed by atoms with E-state index in [1.54, 1.807) is 30.9 Å². The highest BCUT2D eigenvalue weighted by atomic mass is 16.2. The molecular weight excluding hydrogens is 292 g/mol. The summed E-state index contributed by atoms with van der Waals surface area (Å²) >= 11 is 0. The standard InChI is InChI=1S/C16H16N6O/c23-16(12-1-4-17-5-2-12)22-9-7-21(8-10-22)15-13-3-6-18-14(13)19-11-20-15/h1-6,11H,7-10H2,(H,18,19,20). The number of carbonyl (C=O) groups excluding carboxylic acids is 1. The third kappa shape index (κ3) is 2.50. The number of carbonyl (C=O) groups is 1. The number of aromatic amines is 1. The summed E-state index contributed by atoms with van der Waals surface area (Å²) in [5.74, 6) is 0.980. The van der Waals surface area contributed by atoms with Gasteiger partial charge in [0, 0.05) is 50.3 Å². The Bertz CT molecular complexity index is 823. The van der Waals surface area contributed by atoms with Crippen molar-refractivity contribution >= 4 is 22.8 Å². The van der Waals surface area contributed by atoms with Crippen LogP contribution in [0, 0.1) is 0 Å². The first-order valence-electron chi connectivity index (χ1n) is 7.55. The van der Waals surface area contributed by atoms with E-state index in [4.69, 9.17) is 0 Å². The van der Waals surface area contributed by atoms with Crippen LogP contribution in [0.15, 0.2) is 43.1 Å².